The zero-order valence-electron chi connectivity index (χ0n) is 14.3. The third-order valence-corrected chi connectivity index (χ3v) is 5.20. The summed E-state index contributed by atoms with van der Waals surface area (Å²) >= 11 is 1.33. The maximum atomic E-state index is 14.0. The van der Waals surface area contributed by atoms with Crippen molar-refractivity contribution in [3.05, 3.63) is 65.8 Å². The molecule has 1 saturated heterocycles. The van der Waals surface area contributed by atoms with Crippen LogP contribution in [0.2, 0.25) is 0 Å². The molecule has 1 aromatic heterocycles. The molecule has 0 spiro atoms. The van der Waals surface area contributed by atoms with Crippen molar-refractivity contribution in [3.8, 4) is 11.3 Å². The average Bonchev–Trinajstić information content (AvgIpc) is 3.30. The van der Waals surface area contributed by atoms with E-state index in [4.69, 9.17) is 0 Å². The van der Waals surface area contributed by atoms with Gasteiger partial charge in [0.25, 0.3) is 0 Å². The summed E-state index contributed by atoms with van der Waals surface area (Å²) in [5, 5.41) is 5.13. The van der Waals surface area contributed by atoms with Crippen LogP contribution in [0.25, 0.3) is 11.3 Å². The van der Waals surface area contributed by atoms with Gasteiger partial charge >= 0.3 is 0 Å². The van der Waals surface area contributed by atoms with Crippen LogP contribution in [-0.2, 0) is 9.59 Å². The van der Waals surface area contributed by atoms with Gasteiger partial charge in [0, 0.05) is 23.9 Å². The van der Waals surface area contributed by atoms with Crippen molar-refractivity contribution in [2.45, 2.75) is 6.42 Å². The molecule has 136 valence electrons. The normalized spacial score (nSPS) is 16.6. The molecule has 4 rings (SSSR count). The van der Waals surface area contributed by atoms with Gasteiger partial charge < -0.3 is 10.2 Å². The maximum absolute atomic E-state index is 14.0. The Kier molecular flexibility index (Phi) is 4.68. The molecule has 5 nitrogen and oxygen atoms in total. The van der Waals surface area contributed by atoms with Crippen molar-refractivity contribution in [1.82, 2.24) is 4.98 Å². The molecule has 1 fully saturated rings. The number of nitrogens with zero attached hydrogens (tertiary/aromatic N) is 2. The number of halogens is 1. The molecule has 7 heteroatoms. The number of hydrogen-bond donors (Lipinski definition) is 1. The quantitative estimate of drug-likeness (QED) is 0.745. The monoisotopic (exact) mass is 381 g/mol. The molecule has 2 heterocycles. The fraction of sp³-hybridized carbons (Fsp3) is 0.150. The zero-order chi connectivity index (χ0) is 18.8. The number of para-hydroxylation sites is 1. The molecule has 0 saturated carbocycles. The summed E-state index contributed by atoms with van der Waals surface area (Å²) in [6.45, 7) is 0.155. The first-order valence-electron chi connectivity index (χ1n) is 8.48. The predicted octanol–water partition coefficient (Wildman–Crippen LogP) is 3.94. The Morgan fingerprint density at radius 1 is 1.15 bits per heavy atom. The number of benzene rings is 2. The number of amides is 2. The Morgan fingerprint density at radius 2 is 1.89 bits per heavy atom. The van der Waals surface area contributed by atoms with Gasteiger partial charge in [0.1, 0.15) is 5.82 Å². The first-order chi connectivity index (χ1) is 13.1. The number of carbonyl (C=O) groups excluding carboxylic acids is 2. The Bertz CT molecular complexity index is 990. The minimum Gasteiger partial charge on any atom is -0.309 e. The molecule has 1 aliphatic rings. The van der Waals surface area contributed by atoms with E-state index in [0.717, 1.165) is 11.3 Å². The highest BCUT2D eigenvalue weighted by atomic mass is 32.1. The lowest BCUT2D eigenvalue weighted by Gasteiger charge is -2.17. The number of nitrogens with one attached hydrogen (secondary N) is 1. The molecular weight excluding hydrogens is 365 g/mol. The van der Waals surface area contributed by atoms with Crippen LogP contribution in [0.5, 0.6) is 0 Å². The van der Waals surface area contributed by atoms with E-state index in [1.54, 1.807) is 18.2 Å². The topological polar surface area (TPSA) is 62.3 Å². The molecule has 2 aromatic carbocycles. The number of anilines is 2. The molecule has 27 heavy (non-hydrogen) atoms. The lowest BCUT2D eigenvalue weighted by Crippen LogP contribution is -2.28. The minimum atomic E-state index is -0.541. The van der Waals surface area contributed by atoms with Gasteiger partial charge in [-0.1, -0.05) is 42.5 Å². The van der Waals surface area contributed by atoms with E-state index in [1.807, 2.05) is 35.7 Å². The van der Waals surface area contributed by atoms with Crippen LogP contribution < -0.4 is 10.2 Å². The van der Waals surface area contributed by atoms with Crippen LogP contribution in [-0.4, -0.2) is 23.3 Å². The summed E-state index contributed by atoms with van der Waals surface area (Å²) in [5.41, 5.74) is 1.96. The van der Waals surface area contributed by atoms with Crippen molar-refractivity contribution in [2.75, 3.05) is 16.8 Å². The van der Waals surface area contributed by atoms with E-state index in [-0.39, 0.29) is 30.5 Å². The second-order valence-corrected chi connectivity index (χ2v) is 7.11. The van der Waals surface area contributed by atoms with Crippen molar-refractivity contribution < 1.29 is 14.0 Å². The van der Waals surface area contributed by atoms with Gasteiger partial charge in [-0.3, -0.25) is 9.59 Å². The lowest BCUT2D eigenvalue weighted by atomic mass is 10.1. The van der Waals surface area contributed by atoms with E-state index < -0.39 is 11.7 Å². The minimum absolute atomic E-state index is 0.0527. The Hall–Kier alpha value is -3.06. The Morgan fingerprint density at radius 3 is 2.67 bits per heavy atom. The van der Waals surface area contributed by atoms with E-state index in [0.29, 0.717) is 5.13 Å². The second kappa shape index (κ2) is 7.28. The average molecular weight is 381 g/mol. The molecule has 1 N–H and O–H groups in total. The SMILES string of the molecule is O=C(Nc1nc(-c2ccccc2)cs1)[C@H]1CC(=O)N(c2ccccc2F)C1. The summed E-state index contributed by atoms with van der Waals surface area (Å²) in [6, 6.07) is 15.7. The molecule has 2 amide bonds. The van der Waals surface area contributed by atoms with Gasteiger partial charge in [0.15, 0.2) is 5.13 Å². The smallest absolute Gasteiger partial charge is 0.231 e. The van der Waals surface area contributed by atoms with Gasteiger partial charge in [-0.25, -0.2) is 9.37 Å². The zero-order valence-corrected chi connectivity index (χ0v) is 15.1. The number of thiazole rings is 1. The van der Waals surface area contributed by atoms with E-state index in [1.165, 1.54) is 22.3 Å². The molecule has 1 aliphatic heterocycles. The number of carbonyl (C=O) groups is 2. The molecule has 0 unspecified atom stereocenters. The van der Waals surface area contributed by atoms with Crippen molar-refractivity contribution >= 4 is 34.0 Å². The van der Waals surface area contributed by atoms with E-state index in [2.05, 4.69) is 10.3 Å². The van der Waals surface area contributed by atoms with Gasteiger partial charge in [0.2, 0.25) is 11.8 Å². The number of hydrogen-bond acceptors (Lipinski definition) is 4. The fourth-order valence-electron chi connectivity index (χ4n) is 3.07. The van der Waals surface area contributed by atoms with Crippen molar-refractivity contribution in [2.24, 2.45) is 5.92 Å². The first-order valence-corrected chi connectivity index (χ1v) is 9.36. The summed E-state index contributed by atoms with van der Waals surface area (Å²) in [6.07, 6.45) is 0.0527. The third-order valence-electron chi connectivity index (χ3n) is 4.44. The maximum Gasteiger partial charge on any atom is 0.231 e. The molecule has 0 bridgehead atoms. The summed E-state index contributed by atoms with van der Waals surface area (Å²) in [7, 11) is 0. The van der Waals surface area contributed by atoms with Crippen LogP contribution in [0.4, 0.5) is 15.2 Å². The molecule has 1 atom stereocenters. The molecule has 0 radical (unpaired) electrons. The van der Waals surface area contributed by atoms with Crippen molar-refractivity contribution in [1.29, 1.82) is 0 Å². The highest BCUT2D eigenvalue weighted by Gasteiger charge is 2.36. The Balaban J connectivity index is 1.45. The summed E-state index contributed by atoms with van der Waals surface area (Å²) < 4.78 is 14.0. The van der Waals surface area contributed by atoms with Crippen LogP contribution in [0, 0.1) is 11.7 Å². The van der Waals surface area contributed by atoms with Crippen LogP contribution >= 0.6 is 11.3 Å². The second-order valence-electron chi connectivity index (χ2n) is 6.25. The van der Waals surface area contributed by atoms with Gasteiger partial charge in [-0.15, -0.1) is 11.3 Å². The lowest BCUT2D eigenvalue weighted by molar-refractivity contribution is -0.122. The first kappa shape index (κ1) is 17.4. The highest BCUT2D eigenvalue weighted by Crippen LogP contribution is 2.29. The van der Waals surface area contributed by atoms with Crippen molar-refractivity contribution in [3.63, 3.8) is 0 Å². The number of aromatic nitrogens is 1. The van der Waals surface area contributed by atoms with Gasteiger partial charge in [0.05, 0.1) is 17.3 Å². The summed E-state index contributed by atoms with van der Waals surface area (Å²) in [4.78, 5) is 30.6. The fourth-order valence-corrected chi connectivity index (χ4v) is 3.79. The van der Waals surface area contributed by atoms with E-state index in [9.17, 15) is 14.0 Å². The van der Waals surface area contributed by atoms with Crippen LogP contribution in [0.3, 0.4) is 0 Å². The van der Waals surface area contributed by atoms with E-state index >= 15 is 0 Å². The highest BCUT2D eigenvalue weighted by molar-refractivity contribution is 7.14. The van der Waals surface area contributed by atoms with Crippen LogP contribution in [0.1, 0.15) is 6.42 Å². The number of rotatable bonds is 4. The molecule has 0 aliphatic carbocycles. The van der Waals surface area contributed by atoms with Crippen LogP contribution in [0.15, 0.2) is 60.0 Å². The summed E-state index contributed by atoms with van der Waals surface area (Å²) in [5.74, 6) is -1.55. The van der Waals surface area contributed by atoms with Gasteiger partial charge in [-0.05, 0) is 12.1 Å². The Labute approximate surface area is 159 Å². The van der Waals surface area contributed by atoms with Gasteiger partial charge in [-0.2, -0.15) is 0 Å². The molecule has 3 aromatic rings. The standard InChI is InChI=1S/C20H16FN3O2S/c21-15-8-4-5-9-17(15)24-11-14(10-18(24)25)19(26)23-20-22-16(12-27-20)13-6-2-1-3-7-13/h1-9,12,14H,10-11H2,(H,22,23,26)/t14-/m0/s1. The predicted molar refractivity (Wildman–Crippen MR) is 103 cm³/mol. The molecular formula is C20H16FN3O2S. The largest absolute Gasteiger partial charge is 0.309 e. The third kappa shape index (κ3) is 3.59.